The van der Waals surface area contributed by atoms with E-state index in [0.29, 0.717) is 5.95 Å². The summed E-state index contributed by atoms with van der Waals surface area (Å²) in [5, 5.41) is 12.9. The summed E-state index contributed by atoms with van der Waals surface area (Å²) in [7, 11) is 2.18. The second kappa shape index (κ2) is 11.5. The summed E-state index contributed by atoms with van der Waals surface area (Å²) in [5.74, 6) is 0.818. The molecule has 0 atom stereocenters. The van der Waals surface area contributed by atoms with Crippen LogP contribution in [0.2, 0.25) is 0 Å². The van der Waals surface area contributed by atoms with E-state index in [1.165, 1.54) is 42.0 Å². The fourth-order valence-corrected chi connectivity index (χ4v) is 4.99. The van der Waals surface area contributed by atoms with Crippen molar-refractivity contribution in [2.24, 2.45) is 0 Å². The van der Waals surface area contributed by atoms with Crippen molar-refractivity contribution in [3.63, 3.8) is 0 Å². The van der Waals surface area contributed by atoms with Crippen LogP contribution < -0.4 is 5.32 Å². The molecule has 0 saturated carbocycles. The van der Waals surface area contributed by atoms with Crippen LogP contribution in [0.1, 0.15) is 35.1 Å². The zero-order valence-corrected chi connectivity index (χ0v) is 21.0. The molecule has 4 rings (SSSR count). The second-order valence-electron chi connectivity index (χ2n) is 8.82. The first-order chi connectivity index (χ1) is 16.5. The van der Waals surface area contributed by atoms with Crippen molar-refractivity contribution < 1.29 is 5.11 Å². The maximum absolute atomic E-state index is 9.58. The molecule has 7 heteroatoms. The lowest BCUT2D eigenvalue weighted by Gasteiger charge is -2.22. The van der Waals surface area contributed by atoms with Crippen LogP contribution in [0.3, 0.4) is 0 Å². The highest BCUT2D eigenvalue weighted by Gasteiger charge is 2.14. The molecule has 1 aliphatic rings. The minimum Gasteiger partial charge on any atom is -0.508 e. The zero-order valence-electron chi connectivity index (χ0n) is 20.2. The number of nitrogens with zero attached hydrogens (tertiary/aromatic N) is 4. The number of phenols is 1. The van der Waals surface area contributed by atoms with Crippen LogP contribution in [0, 0.1) is 13.8 Å². The number of hydrogen-bond donors (Lipinski definition) is 2. The van der Waals surface area contributed by atoms with Crippen molar-refractivity contribution >= 4 is 35.7 Å². The number of benzene rings is 2. The maximum Gasteiger partial charge on any atom is 0.227 e. The third-order valence-corrected chi connectivity index (χ3v) is 7.22. The van der Waals surface area contributed by atoms with Gasteiger partial charge in [0.1, 0.15) is 5.75 Å². The smallest absolute Gasteiger partial charge is 0.227 e. The Labute approximate surface area is 206 Å². The number of nitrogens with one attached hydrogen (secondary N) is 1. The Kier molecular flexibility index (Phi) is 8.21. The Balaban J connectivity index is 1.35. The average molecular weight is 476 g/mol. The van der Waals surface area contributed by atoms with Crippen LogP contribution in [0.5, 0.6) is 5.75 Å². The van der Waals surface area contributed by atoms with Gasteiger partial charge >= 0.3 is 0 Å². The predicted octanol–water partition coefficient (Wildman–Crippen LogP) is 5.75. The fraction of sp³-hybridized carbons (Fsp3) is 0.333. The van der Waals surface area contributed by atoms with Crippen molar-refractivity contribution in [1.82, 2.24) is 19.2 Å². The number of likely N-dealkylation sites (tertiary alicyclic amines) is 1. The quantitative estimate of drug-likeness (QED) is 0.382. The van der Waals surface area contributed by atoms with Crippen LogP contribution in [0.4, 0.5) is 11.6 Å². The predicted molar refractivity (Wildman–Crippen MR) is 142 cm³/mol. The molecular weight excluding hydrogens is 442 g/mol. The van der Waals surface area contributed by atoms with E-state index in [4.69, 9.17) is 0 Å². The Morgan fingerprint density at radius 2 is 1.71 bits per heavy atom. The lowest BCUT2D eigenvalue weighted by atomic mass is 10.1. The minimum absolute atomic E-state index is 0.252. The van der Waals surface area contributed by atoms with Crippen molar-refractivity contribution in [2.75, 3.05) is 38.5 Å². The van der Waals surface area contributed by atoms with E-state index in [1.54, 1.807) is 24.5 Å². The molecule has 0 radical (unpaired) electrons. The van der Waals surface area contributed by atoms with Gasteiger partial charge in [0, 0.05) is 41.6 Å². The summed E-state index contributed by atoms with van der Waals surface area (Å²) in [6.07, 6.45) is 10.1. The highest BCUT2D eigenvalue weighted by molar-refractivity contribution is 7.97. The molecule has 0 bridgehead atoms. The van der Waals surface area contributed by atoms with Gasteiger partial charge < -0.3 is 15.3 Å². The fourth-order valence-electron chi connectivity index (χ4n) is 4.10. The molecular formula is C27H33N5OS. The number of aryl methyl sites for hydroxylation is 2. The number of aromatic nitrogens is 2. The van der Waals surface area contributed by atoms with Gasteiger partial charge in [0.25, 0.3) is 0 Å². The summed E-state index contributed by atoms with van der Waals surface area (Å²) < 4.78 is 2.34. The first-order valence-electron chi connectivity index (χ1n) is 11.8. The van der Waals surface area contributed by atoms with Gasteiger partial charge in [-0.25, -0.2) is 14.3 Å². The highest BCUT2D eigenvalue weighted by Crippen LogP contribution is 2.31. The number of hydrogen-bond acceptors (Lipinski definition) is 7. The summed E-state index contributed by atoms with van der Waals surface area (Å²) in [6, 6.07) is 11.4. The van der Waals surface area contributed by atoms with Crippen molar-refractivity contribution in [3.05, 3.63) is 71.0 Å². The molecule has 0 unspecified atom stereocenters. The Morgan fingerprint density at radius 3 is 2.38 bits per heavy atom. The van der Waals surface area contributed by atoms with Gasteiger partial charge in [-0.05, 0) is 99.7 Å². The van der Waals surface area contributed by atoms with Crippen LogP contribution in [0.25, 0.3) is 12.2 Å². The molecule has 0 amide bonds. The normalized spacial score (nSPS) is 14.4. The number of phenolic OH excluding ortho intramolecular Hbond substituents is 1. The van der Waals surface area contributed by atoms with E-state index in [9.17, 15) is 5.11 Å². The Bertz CT molecular complexity index is 1100. The summed E-state index contributed by atoms with van der Waals surface area (Å²) in [5.41, 5.74) is 5.29. The van der Waals surface area contributed by atoms with Gasteiger partial charge in [0.05, 0.1) is 0 Å². The van der Waals surface area contributed by atoms with E-state index in [-0.39, 0.29) is 5.75 Å². The molecule has 2 aromatic carbocycles. The molecule has 1 saturated heterocycles. The van der Waals surface area contributed by atoms with Crippen LogP contribution >= 0.6 is 11.9 Å². The average Bonchev–Trinajstić information content (AvgIpc) is 3.34. The topological polar surface area (TPSA) is 64.5 Å². The summed E-state index contributed by atoms with van der Waals surface area (Å²) in [4.78, 5) is 12.8. The number of rotatable bonds is 9. The molecule has 2 heterocycles. The van der Waals surface area contributed by atoms with Crippen LogP contribution in [-0.2, 0) is 0 Å². The van der Waals surface area contributed by atoms with Gasteiger partial charge in [0.2, 0.25) is 5.95 Å². The Morgan fingerprint density at radius 1 is 1.03 bits per heavy atom. The molecule has 1 fully saturated rings. The molecule has 34 heavy (non-hydrogen) atoms. The third-order valence-electron chi connectivity index (χ3n) is 5.90. The van der Waals surface area contributed by atoms with E-state index < -0.39 is 0 Å². The van der Waals surface area contributed by atoms with Gasteiger partial charge in [-0.15, -0.1) is 0 Å². The van der Waals surface area contributed by atoms with E-state index >= 15 is 0 Å². The van der Waals surface area contributed by atoms with Crippen LogP contribution in [0.15, 0.2) is 53.7 Å². The third kappa shape index (κ3) is 6.82. The SMILES string of the molecule is Cc1cc(Nc2ncc(/C=C/c3cccc(O)c3)cn2)cc(C)c1SN(C)CCN1CCCC1. The van der Waals surface area contributed by atoms with Crippen molar-refractivity contribution in [2.45, 2.75) is 31.6 Å². The van der Waals surface area contributed by atoms with Crippen molar-refractivity contribution in [1.29, 1.82) is 0 Å². The molecule has 0 aliphatic carbocycles. The van der Waals surface area contributed by atoms with Gasteiger partial charge in [0.15, 0.2) is 0 Å². The molecule has 3 aromatic rings. The molecule has 1 aliphatic heterocycles. The van der Waals surface area contributed by atoms with Gasteiger partial charge in [-0.1, -0.05) is 24.3 Å². The van der Waals surface area contributed by atoms with Gasteiger partial charge in [-0.3, -0.25) is 0 Å². The molecule has 0 spiro atoms. The highest BCUT2D eigenvalue weighted by atomic mass is 32.2. The first-order valence-corrected chi connectivity index (χ1v) is 12.5. The Hall–Kier alpha value is -2.87. The minimum atomic E-state index is 0.252. The molecule has 2 N–H and O–H groups in total. The number of anilines is 2. The molecule has 1 aromatic heterocycles. The van der Waals surface area contributed by atoms with Crippen molar-refractivity contribution in [3.8, 4) is 5.75 Å². The second-order valence-corrected chi connectivity index (χ2v) is 10.0. The van der Waals surface area contributed by atoms with E-state index in [2.05, 4.69) is 57.5 Å². The molecule has 178 valence electrons. The standard InChI is InChI=1S/C27H33N5OS/c1-20-15-24(16-21(2)26(20)34-31(3)13-14-32-11-4-5-12-32)30-27-28-18-23(19-29-27)10-9-22-7-6-8-25(33)17-22/h6-10,15-19,33H,4-5,11-14H2,1-3H3,(H,28,29,30)/b10-9+. The number of aromatic hydroxyl groups is 1. The van der Waals surface area contributed by atoms with Crippen LogP contribution in [-0.4, -0.2) is 57.5 Å². The number of likely N-dealkylation sites (N-methyl/N-ethyl adjacent to an activating group) is 1. The van der Waals surface area contributed by atoms with Gasteiger partial charge in [-0.2, -0.15) is 0 Å². The van der Waals surface area contributed by atoms with E-state index in [0.717, 1.165) is 29.9 Å². The monoisotopic (exact) mass is 475 g/mol. The lowest BCUT2D eigenvalue weighted by molar-refractivity contribution is 0.317. The maximum atomic E-state index is 9.58. The summed E-state index contributed by atoms with van der Waals surface area (Å²) >= 11 is 1.83. The zero-order chi connectivity index (χ0) is 23.9. The lowest BCUT2D eigenvalue weighted by Crippen LogP contribution is -2.28. The largest absolute Gasteiger partial charge is 0.508 e. The summed E-state index contributed by atoms with van der Waals surface area (Å²) in [6.45, 7) is 9.00. The van der Waals surface area contributed by atoms with E-state index in [1.807, 2.05) is 36.2 Å². The molecule has 6 nitrogen and oxygen atoms in total. The first kappa shape index (κ1) is 24.3.